The number of aliphatic carboxylic acids is 1. The standard InChI is InChI=1S/C11H17N3O5S/c15-11(16)7-14-6-10(5-12-14)20(17,18)13-3-1-9-2-4-19-8-9/h5-6,9,13H,1-4,7-8H2,(H,15,16). The Morgan fingerprint density at radius 2 is 2.40 bits per heavy atom. The summed E-state index contributed by atoms with van der Waals surface area (Å²) in [6, 6.07) is 0. The summed E-state index contributed by atoms with van der Waals surface area (Å²) in [5.41, 5.74) is 0. The summed E-state index contributed by atoms with van der Waals surface area (Å²) in [6.07, 6.45) is 4.03. The topological polar surface area (TPSA) is 111 Å². The molecule has 0 spiro atoms. The van der Waals surface area contributed by atoms with Gasteiger partial charge in [0.05, 0.1) is 6.20 Å². The van der Waals surface area contributed by atoms with Crippen molar-refractivity contribution in [3.8, 4) is 0 Å². The van der Waals surface area contributed by atoms with E-state index in [1.807, 2.05) is 0 Å². The second-order valence-corrected chi connectivity index (χ2v) is 6.45. The molecule has 1 aliphatic heterocycles. The molecule has 2 N–H and O–H groups in total. The highest BCUT2D eigenvalue weighted by atomic mass is 32.2. The fourth-order valence-electron chi connectivity index (χ4n) is 2.00. The first-order chi connectivity index (χ1) is 9.47. The van der Waals surface area contributed by atoms with E-state index in [0.717, 1.165) is 30.3 Å². The number of nitrogens with one attached hydrogen (secondary N) is 1. The number of hydrogen-bond donors (Lipinski definition) is 2. The van der Waals surface area contributed by atoms with E-state index in [2.05, 4.69) is 9.82 Å². The Hall–Kier alpha value is -1.45. The molecule has 0 aromatic carbocycles. The molecule has 1 saturated heterocycles. The third-order valence-corrected chi connectivity index (χ3v) is 4.50. The van der Waals surface area contributed by atoms with Crippen molar-refractivity contribution < 1.29 is 23.1 Å². The number of carboxylic acids is 1. The van der Waals surface area contributed by atoms with Gasteiger partial charge in [-0.05, 0) is 18.8 Å². The van der Waals surface area contributed by atoms with E-state index < -0.39 is 16.0 Å². The van der Waals surface area contributed by atoms with Gasteiger partial charge in [-0.1, -0.05) is 0 Å². The van der Waals surface area contributed by atoms with Crippen LogP contribution in [0, 0.1) is 5.92 Å². The lowest BCUT2D eigenvalue weighted by Gasteiger charge is -2.08. The van der Waals surface area contributed by atoms with Crippen LogP contribution in [-0.2, 0) is 26.1 Å². The highest BCUT2D eigenvalue weighted by Gasteiger charge is 2.19. The maximum Gasteiger partial charge on any atom is 0.325 e. The fraction of sp³-hybridized carbons (Fsp3) is 0.636. The third-order valence-electron chi connectivity index (χ3n) is 3.09. The van der Waals surface area contributed by atoms with E-state index in [4.69, 9.17) is 9.84 Å². The van der Waals surface area contributed by atoms with Gasteiger partial charge in [0.15, 0.2) is 0 Å². The van der Waals surface area contributed by atoms with Crippen LogP contribution in [0.4, 0.5) is 0 Å². The number of carbonyl (C=O) groups is 1. The van der Waals surface area contributed by atoms with Crippen molar-refractivity contribution in [3.63, 3.8) is 0 Å². The lowest BCUT2D eigenvalue weighted by atomic mass is 10.1. The quantitative estimate of drug-likeness (QED) is 0.714. The predicted octanol–water partition coefficient (Wildman–Crippen LogP) is -0.327. The van der Waals surface area contributed by atoms with Crippen LogP contribution < -0.4 is 4.72 Å². The van der Waals surface area contributed by atoms with Crippen LogP contribution in [0.5, 0.6) is 0 Å². The lowest BCUT2D eigenvalue weighted by molar-refractivity contribution is -0.137. The van der Waals surface area contributed by atoms with Gasteiger partial charge in [-0.15, -0.1) is 0 Å². The largest absolute Gasteiger partial charge is 0.480 e. The Morgan fingerprint density at radius 3 is 3.05 bits per heavy atom. The van der Waals surface area contributed by atoms with Crippen molar-refractivity contribution in [2.45, 2.75) is 24.3 Å². The summed E-state index contributed by atoms with van der Waals surface area (Å²) in [6.45, 7) is 1.38. The zero-order valence-electron chi connectivity index (χ0n) is 10.9. The van der Waals surface area contributed by atoms with Crippen LogP contribution in [-0.4, -0.2) is 49.0 Å². The number of nitrogens with zero attached hydrogens (tertiary/aromatic N) is 2. The molecule has 0 bridgehead atoms. The van der Waals surface area contributed by atoms with Crippen LogP contribution in [0.2, 0.25) is 0 Å². The van der Waals surface area contributed by atoms with Gasteiger partial charge in [-0.2, -0.15) is 5.10 Å². The molecule has 112 valence electrons. The molecule has 2 rings (SSSR count). The van der Waals surface area contributed by atoms with Gasteiger partial charge >= 0.3 is 5.97 Å². The minimum atomic E-state index is -3.63. The fourth-order valence-corrected chi connectivity index (χ4v) is 3.00. The average molecular weight is 303 g/mol. The Morgan fingerprint density at radius 1 is 1.60 bits per heavy atom. The number of ether oxygens (including phenoxy) is 1. The van der Waals surface area contributed by atoms with Crippen LogP contribution in [0.15, 0.2) is 17.3 Å². The minimum absolute atomic E-state index is 0.0265. The maximum atomic E-state index is 12.0. The van der Waals surface area contributed by atoms with Gasteiger partial charge in [-0.3, -0.25) is 9.48 Å². The summed E-state index contributed by atoms with van der Waals surface area (Å²) in [7, 11) is -3.63. The molecule has 0 amide bonds. The van der Waals surface area contributed by atoms with Gasteiger partial charge in [0.1, 0.15) is 11.4 Å². The number of hydrogen-bond acceptors (Lipinski definition) is 5. The summed E-state index contributed by atoms with van der Waals surface area (Å²) in [5.74, 6) is -0.682. The zero-order chi connectivity index (χ0) is 14.6. The van der Waals surface area contributed by atoms with Crippen LogP contribution in [0.25, 0.3) is 0 Å². The summed E-state index contributed by atoms with van der Waals surface area (Å²) in [5, 5.41) is 12.3. The molecule has 1 aromatic heterocycles. The Bertz CT molecular complexity index is 562. The van der Waals surface area contributed by atoms with E-state index >= 15 is 0 Å². The molecule has 1 atom stereocenters. The van der Waals surface area contributed by atoms with Gasteiger partial charge < -0.3 is 9.84 Å². The van der Waals surface area contributed by atoms with Crippen LogP contribution >= 0.6 is 0 Å². The smallest absolute Gasteiger partial charge is 0.325 e. The molecule has 0 saturated carbocycles. The number of carboxylic acid groups (broad SMARTS) is 1. The Labute approximate surface area is 116 Å². The summed E-state index contributed by atoms with van der Waals surface area (Å²) in [4.78, 5) is 10.5. The van der Waals surface area contributed by atoms with Gasteiger partial charge in [-0.25, -0.2) is 13.1 Å². The molecule has 1 fully saturated rings. The van der Waals surface area contributed by atoms with Crippen LogP contribution in [0.1, 0.15) is 12.8 Å². The van der Waals surface area contributed by atoms with E-state index in [1.54, 1.807) is 0 Å². The van der Waals surface area contributed by atoms with Gasteiger partial charge in [0.25, 0.3) is 0 Å². The first-order valence-corrected chi connectivity index (χ1v) is 7.77. The number of sulfonamides is 1. The second-order valence-electron chi connectivity index (χ2n) is 4.68. The monoisotopic (exact) mass is 303 g/mol. The van der Waals surface area contributed by atoms with Crippen LogP contribution in [0.3, 0.4) is 0 Å². The number of aromatic nitrogens is 2. The molecule has 1 unspecified atom stereocenters. The van der Waals surface area contributed by atoms with E-state index in [-0.39, 0.29) is 11.4 Å². The van der Waals surface area contributed by atoms with Gasteiger partial charge in [0, 0.05) is 26.0 Å². The second kappa shape index (κ2) is 6.33. The maximum absolute atomic E-state index is 12.0. The van der Waals surface area contributed by atoms with Gasteiger partial charge in [0.2, 0.25) is 10.0 Å². The first kappa shape index (κ1) is 14.9. The Kier molecular flexibility index (Phi) is 4.73. The highest BCUT2D eigenvalue weighted by molar-refractivity contribution is 7.89. The lowest BCUT2D eigenvalue weighted by Crippen LogP contribution is -2.26. The molecule has 0 radical (unpaired) electrons. The third kappa shape index (κ3) is 4.02. The van der Waals surface area contributed by atoms with E-state index in [1.165, 1.54) is 6.20 Å². The van der Waals surface area contributed by atoms with Crippen molar-refractivity contribution in [1.82, 2.24) is 14.5 Å². The highest BCUT2D eigenvalue weighted by Crippen LogP contribution is 2.16. The normalized spacial score (nSPS) is 19.3. The first-order valence-electron chi connectivity index (χ1n) is 6.29. The van der Waals surface area contributed by atoms with Crippen molar-refractivity contribution in [3.05, 3.63) is 12.4 Å². The molecule has 0 aliphatic carbocycles. The predicted molar refractivity (Wildman–Crippen MR) is 68.6 cm³/mol. The van der Waals surface area contributed by atoms with E-state index in [0.29, 0.717) is 19.1 Å². The van der Waals surface area contributed by atoms with Crippen molar-refractivity contribution in [2.75, 3.05) is 19.8 Å². The summed E-state index contributed by atoms with van der Waals surface area (Å²) < 4.78 is 32.7. The van der Waals surface area contributed by atoms with Crippen molar-refractivity contribution in [2.24, 2.45) is 5.92 Å². The number of rotatable bonds is 7. The Balaban J connectivity index is 1.88. The molecule has 9 heteroatoms. The molecular weight excluding hydrogens is 286 g/mol. The van der Waals surface area contributed by atoms with Crippen molar-refractivity contribution >= 4 is 16.0 Å². The molecule has 2 heterocycles. The SMILES string of the molecule is O=C(O)Cn1cc(S(=O)(=O)NCCC2CCOC2)cn1. The molecular formula is C11H17N3O5S. The molecule has 8 nitrogen and oxygen atoms in total. The van der Waals surface area contributed by atoms with E-state index in [9.17, 15) is 13.2 Å². The zero-order valence-corrected chi connectivity index (χ0v) is 11.7. The molecule has 1 aromatic rings. The van der Waals surface area contributed by atoms with Crippen molar-refractivity contribution in [1.29, 1.82) is 0 Å². The minimum Gasteiger partial charge on any atom is -0.480 e. The average Bonchev–Trinajstić information content (AvgIpc) is 2.99. The summed E-state index contributed by atoms with van der Waals surface area (Å²) >= 11 is 0. The molecule has 1 aliphatic rings. The molecule has 20 heavy (non-hydrogen) atoms.